The molecule has 0 aliphatic heterocycles. The highest BCUT2D eigenvalue weighted by Gasteiger charge is 2.09. The van der Waals surface area contributed by atoms with Crippen LogP contribution in [0.5, 0.6) is 5.75 Å². The third-order valence-electron chi connectivity index (χ3n) is 3.08. The van der Waals surface area contributed by atoms with Crippen molar-refractivity contribution in [2.75, 3.05) is 6.61 Å². The molecule has 0 atom stereocenters. The molecule has 2 rings (SSSR count). The summed E-state index contributed by atoms with van der Waals surface area (Å²) in [6, 6.07) is 14.0. The Kier molecular flexibility index (Phi) is 6.12. The van der Waals surface area contributed by atoms with Crippen molar-refractivity contribution < 1.29 is 14.8 Å². The first-order chi connectivity index (χ1) is 10.7. The highest BCUT2D eigenvalue weighted by molar-refractivity contribution is 6.58. The van der Waals surface area contributed by atoms with Crippen LogP contribution in [0, 0.1) is 0 Å². The van der Waals surface area contributed by atoms with Gasteiger partial charge in [-0.05, 0) is 48.3 Å². The summed E-state index contributed by atoms with van der Waals surface area (Å²) in [6.07, 6.45) is 2.15. The van der Waals surface area contributed by atoms with E-state index in [2.05, 4.69) is 17.2 Å². The molecule has 0 spiro atoms. The maximum Gasteiger partial charge on any atom is 0.488 e. The fraction of sp³-hybridized carbons (Fsp3) is 0.250. The molecule has 0 aromatic heterocycles. The number of azo groups is 1. The fourth-order valence-electron chi connectivity index (χ4n) is 1.77. The molecular weight excluding hydrogens is 279 g/mol. The van der Waals surface area contributed by atoms with E-state index in [1.807, 2.05) is 24.3 Å². The van der Waals surface area contributed by atoms with Crippen molar-refractivity contribution in [3.63, 3.8) is 0 Å². The van der Waals surface area contributed by atoms with Crippen LogP contribution in [-0.4, -0.2) is 23.8 Å². The number of hydrogen-bond donors (Lipinski definition) is 2. The summed E-state index contributed by atoms with van der Waals surface area (Å²) in [6.45, 7) is 2.85. The van der Waals surface area contributed by atoms with E-state index in [9.17, 15) is 0 Å². The summed E-state index contributed by atoms with van der Waals surface area (Å²) in [4.78, 5) is 0. The normalized spacial score (nSPS) is 10.9. The van der Waals surface area contributed by atoms with Crippen molar-refractivity contribution in [2.24, 2.45) is 10.2 Å². The van der Waals surface area contributed by atoms with Gasteiger partial charge in [0.2, 0.25) is 0 Å². The summed E-state index contributed by atoms with van der Waals surface area (Å²) < 4.78 is 5.58. The summed E-state index contributed by atoms with van der Waals surface area (Å²) in [7, 11) is -1.47. The molecule has 2 aromatic carbocycles. The summed E-state index contributed by atoms with van der Waals surface area (Å²) in [5, 5.41) is 26.3. The Morgan fingerprint density at radius 1 is 0.909 bits per heavy atom. The lowest BCUT2D eigenvalue weighted by molar-refractivity contribution is 0.309. The van der Waals surface area contributed by atoms with E-state index >= 15 is 0 Å². The van der Waals surface area contributed by atoms with Gasteiger partial charge in [0.25, 0.3) is 0 Å². The zero-order valence-corrected chi connectivity index (χ0v) is 12.5. The van der Waals surface area contributed by atoms with Crippen molar-refractivity contribution in [1.29, 1.82) is 0 Å². The average Bonchev–Trinajstić information content (AvgIpc) is 2.55. The topological polar surface area (TPSA) is 74.4 Å². The lowest BCUT2D eigenvalue weighted by Crippen LogP contribution is -2.29. The van der Waals surface area contributed by atoms with Gasteiger partial charge in [0.1, 0.15) is 5.75 Å². The predicted molar refractivity (Wildman–Crippen MR) is 87.3 cm³/mol. The third kappa shape index (κ3) is 4.98. The number of hydrogen-bond acceptors (Lipinski definition) is 5. The minimum atomic E-state index is -1.47. The Labute approximate surface area is 130 Å². The van der Waals surface area contributed by atoms with Gasteiger partial charge in [-0.2, -0.15) is 10.2 Å². The van der Waals surface area contributed by atoms with E-state index in [1.54, 1.807) is 24.3 Å². The average molecular weight is 298 g/mol. The highest BCUT2D eigenvalue weighted by Crippen LogP contribution is 2.21. The van der Waals surface area contributed by atoms with E-state index in [-0.39, 0.29) is 0 Å². The molecule has 6 heteroatoms. The SMILES string of the molecule is CCCCOc1ccc(N=Nc2ccc(B(O)O)cc2)cc1. The molecule has 0 radical (unpaired) electrons. The monoisotopic (exact) mass is 298 g/mol. The molecule has 114 valence electrons. The van der Waals surface area contributed by atoms with E-state index in [0.29, 0.717) is 11.2 Å². The van der Waals surface area contributed by atoms with Gasteiger partial charge in [0.15, 0.2) is 0 Å². The minimum absolute atomic E-state index is 0.424. The van der Waals surface area contributed by atoms with Gasteiger partial charge in [-0.3, -0.25) is 0 Å². The molecule has 0 amide bonds. The van der Waals surface area contributed by atoms with E-state index in [0.717, 1.165) is 30.9 Å². The molecule has 0 aliphatic carbocycles. The van der Waals surface area contributed by atoms with Gasteiger partial charge in [0, 0.05) is 0 Å². The molecule has 0 fully saturated rings. The van der Waals surface area contributed by atoms with Gasteiger partial charge >= 0.3 is 7.12 Å². The Bertz CT molecular complexity index is 598. The van der Waals surface area contributed by atoms with E-state index < -0.39 is 7.12 Å². The molecule has 0 unspecified atom stereocenters. The van der Waals surface area contributed by atoms with Gasteiger partial charge in [-0.1, -0.05) is 25.5 Å². The Morgan fingerprint density at radius 2 is 1.45 bits per heavy atom. The first-order valence-electron chi connectivity index (χ1n) is 7.29. The minimum Gasteiger partial charge on any atom is -0.494 e. The molecule has 0 bridgehead atoms. The fourth-order valence-corrected chi connectivity index (χ4v) is 1.77. The quantitative estimate of drug-likeness (QED) is 0.469. The number of nitrogens with zero attached hydrogens (tertiary/aromatic N) is 2. The van der Waals surface area contributed by atoms with Crippen LogP contribution in [0.1, 0.15) is 19.8 Å². The zero-order valence-electron chi connectivity index (χ0n) is 12.5. The largest absolute Gasteiger partial charge is 0.494 e. The Morgan fingerprint density at radius 3 is 1.95 bits per heavy atom. The van der Waals surface area contributed by atoms with Crippen molar-refractivity contribution in [3.8, 4) is 5.75 Å². The first-order valence-corrected chi connectivity index (χ1v) is 7.29. The van der Waals surface area contributed by atoms with Crippen LogP contribution >= 0.6 is 0 Å². The molecule has 0 heterocycles. The van der Waals surface area contributed by atoms with Crippen LogP contribution in [0.2, 0.25) is 0 Å². The van der Waals surface area contributed by atoms with E-state index in [1.165, 1.54) is 0 Å². The second-order valence-corrected chi connectivity index (χ2v) is 4.86. The smallest absolute Gasteiger partial charge is 0.488 e. The maximum absolute atomic E-state index is 9.02. The van der Waals surface area contributed by atoms with Crippen LogP contribution in [0.3, 0.4) is 0 Å². The Hall–Kier alpha value is -2.18. The van der Waals surface area contributed by atoms with Crippen molar-refractivity contribution in [1.82, 2.24) is 0 Å². The van der Waals surface area contributed by atoms with Gasteiger partial charge in [-0.25, -0.2) is 0 Å². The van der Waals surface area contributed by atoms with E-state index in [4.69, 9.17) is 14.8 Å². The van der Waals surface area contributed by atoms with Crippen LogP contribution in [0.15, 0.2) is 58.8 Å². The van der Waals surface area contributed by atoms with Gasteiger partial charge < -0.3 is 14.8 Å². The lowest BCUT2D eigenvalue weighted by Gasteiger charge is -2.04. The third-order valence-corrected chi connectivity index (χ3v) is 3.08. The molecule has 2 aromatic rings. The predicted octanol–water partition coefficient (Wildman–Crippen LogP) is 2.96. The van der Waals surface area contributed by atoms with Crippen LogP contribution in [0.25, 0.3) is 0 Å². The molecule has 22 heavy (non-hydrogen) atoms. The number of rotatable bonds is 7. The second kappa shape index (κ2) is 8.31. The standard InChI is InChI=1S/C16H19BN2O3/c1-2-3-12-22-16-10-8-15(9-11-16)19-18-14-6-4-13(5-7-14)17(20)21/h4-11,20-21H,2-3,12H2,1H3. The lowest BCUT2D eigenvalue weighted by atomic mass is 9.80. The van der Waals surface area contributed by atoms with Crippen LogP contribution < -0.4 is 10.2 Å². The Balaban J connectivity index is 1.94. The van der Waals surface area contributed by atoms with Crippen molar-refractivity contribution in [3.05, 3.63) is 48.5 Å². The van der Waals surface area contributed by atoms with Crippen molar-refractivity contribution in [2.45, 2.75) is 19.8 Å². The number of unbranched alkanes of at least 4 members (excludes halogenated alkanes) is 1. The molecular formula is C16H19BN2O3. The molecule has 0 aliphatic rings. The summed E-state index contributed by atoms with van der Waals surface area (Å²) >= 11 is 0. The van der Waals surface area contributed by atoms with Crippen LogP contribution in [0.4, 0.5) is 11.4 Å². The van der Waals surface area contributed by atoms with Gasteiger partial charge in [-0.15, -0.1) is 0 Å². The highest BCUT2D eigenvalue weighted by atomic mass is 16.5. The molecule has 2 N–H and O–H groups in total. The second-order valence-electron chi connectivity index (χ2n) is 4.86. The number of benzene rings is 2. The summed E-state index contributed by atoms with van der Waals surface area (Å²) in [5.74, 6) is 0.827. The van der Waals surface area contributed by atoms with Crippen molar-refractivity contribution >= 4 is 24.0 Å². The van der Waals surface area contributed by atoms with Crippen LogP contribution in [-0.2, 0) is 0 Å². The number of ether oxygens (including phenoxy) is 1. The maximum atomic E-state index is 9.02. The van der Waals surface area contributed by atoms with Gasteiger partial charge in [0.05, 0.1) is 18.0 Å². The summed E-state index contributed by atoms with van der Waals surface area (Å²) in [5.41, 5.74) is 1.80. The zero-order chi connectivity index (χ0) is 15.8. The molecule has 5 nitrogen and oxygen atoms in total. The molecule has 0 saturated carbocycles. The molecule has 0 saturated heterocycles. The first kappa shape index (κ1) is 16.2.